The van der Waals surface area contributed by atoms with Crippen LogP contribution in [0.2, 0.25) is 0 Å². The molecule has 0 amide bonds. The highest BCUT2D eigenvalue weighted by Crippen LogP contribution is 2.45. The zero-order valence-corrected chi connectivity index (χ0v) is 57.4. The Morgan fingerprint density at radius 2 is 0.593 bits per heavy atom. The summed E-state index contributed by atoms with van der Waals surface area (Å²) in [6, 6.07) is 0. The quantitative estimate of drug-likeness (QED) is 0.0222. The lowest BCUT2D eigenvalue weighted by Crippen LogP contribution is -2.30. The highest BCUT2D eigenvalue weighted by molar-refractivity contribution is 7.47. The summed E-state index contributed by atoms with van der Waals surface area (Å²) < 4.78 is 68.1. The number of hydrogen-bond acceptors (Lipinski definition) is 15. The van der Waals surface area contributed by atoms with Gasteiger partial charge in [0.1, 0.15) is 19.3 Å². The van der Waals surface area contributed by atoms with Crippen molar-refractivity contribution in [3.8, 4) is 0 Å². The monoisotopic (exact) mass is 1270 g/mol. The van der Waals surface area contributed by atoms with Gasteiger partial charge in [0, 0.05) is 25.7 Å². The fourth-order valence-corrected chi connectivity index (χ4v) is 11.6. The average Bonchev–Trinajstić information content (AvgIpc) is 3.69. The summed E-state index contributed by atoms with van der Waals surface area (Å²) in [7, 11) is -9.89. The standard InChI is InChI=1S/C67H130O17P2/c1-7-10-12-14-16-18-19-20-25-33-39-45-51-66(71)83-62(55-77-64(69)49-43-37-31-23-17-15-13-11-8-2)57-81-85(73,74)79-53-61(68)54-80-86(75,76)82-58-63(56-78-65(70)50-44-38-32-28-27-30-36-42-48-60(6)9-3)84-67(72)52-46-40-34-26-22-21-24-29-35-41-47-59(4)5/h59-63,68H,7-58H2,1-6H3,(H,73,74)(H,75,76)/t60?,61-,62+,63+/m0/s1. The third kappa shape index (κ3) is 59.7. The number of aliphatic hydroxyl groups excluding tert-OH is 1. The van der Waals surface area contributed by atoms with E-state index in [0.29, 0.717) is 25.7 Å². The number of rotatable bonds is 66. The summed E-state index contributed by atoms with van der Waals surface area (Å²) in [6.45, 7) is 9.50. The summed E-state index contributed by atoms with van der Waals surface area (Å²) in [5.74, 6) is -0.599. The molecule has 19 heteroatoms. The van der Waals surface area contributed by atoms with Crippen LogP contribution in [0.3, 0.4) is 0 Å². The molecule has 510 valence electrons. The zero-order chi connectivity index (χ0) is 63.6. The van der Waals surface area contributed by atoms with Gasteiger partial charge >= 0.3 is 39.5 Å². The third-order valence-corrected chi connectivity index (χ3v) is 17.7. The summed E-state index contributed by atoms with van der Waals surface area (Å²) in [5, 5.41) is 10.6. The number of aliphatic hydroxyl groups is 1. The molecule has 0 saturated carbocycles. The summed E-state index contributed by atoms with van der Waals surface area (Å²) in [6.07, 6.45) is 42.9. The molecule has 0 radical (unpaired) electrons. The first-order chi connectivity index (χ1) is 41.4. The van der Waals surface area contributed by atoms with Gasteiger partial charge in [-0.05, 0) is 37.5 Å². The second-order valence-corrected chi connectivity index (χ2v) is 27.8. The molecule has 3 unspecified atom stereocenters. The van der Waals surface area contributed by atoms with Crippen molar-refractivity contribution in [3.63, 3.8) is 0 Å². The number of phosphoric ester groups is 2. The van der Waals surface area contributed by atoms with Crippen LogP contribution in [0.25, 0.3) is 0 Å². The highest BCUT2D eigenvalue weighted by atomic mass is 31.2. The van der Waals surface area contributed by atoms with E-state index in [9.17, 15) is 43.2 Å². The van der Waals surface area contributed by atoms with E-state index in [2.05, 4.69) is 41.5 Å². The van der Waals surface area contributed by atoms with Crippen molar-refractivity contribution in [3.05, 3.63) is 0 Å². The van der Waals surface area contributed by atoms with Crippen molar-refractivity contribution in [2.45, 2.75) is 355 Å². The second kappa shape index (κ2) is 59.4. The van der Waals surface area contributed by atoms with E-state index < -0.39 is 97.5 Å². The van der Waals surface area contributed by atoms with E-state index in [0.717, 1.165) is 102 Å². The lowest BCUT2D eigenvalue weighted by Gasteiger charge is -2.21. The van der Waals surface area contributed by atoms with E-state index in [1.54, 1.807) is 0 Å². The molecule has 0 spiro atoms. The lowest BCUT2D eigenvalue weighted by atomic mass is 9.99. The maximum Gasteiger partial charge on any atom is 0.472 e. The average molecular weight is 1270 g/mol. The topological polar surface area (TPSA) is 237 Å². The Bertz CT molecular complexity index is 1690. The predicted octanol–water partition coefficient (Wildman–Crippen LogP) is 18.8. The van der Waals surface area contributed by atoms with Crippen LogP contribution in [0.4, 0.5) is 0 Å². The van der Waals surface area contributed by atoms with Crippen LogP contribution in [0.5, 0.6) is 0 Å². The molecule has 0 aromatic heterocycles. The van der Waals surface area contributed by atoms with E-state index in [4.69, 9.17) is 37.0 Å². The van der Waals surface area contributed by atoms with E-state index in [1.165, 1.54) is 154 Å². The second-order valence-electron chi connectivity index (χ2n) is 24.9. The maximum absolute atomic E-state index is 13.0. The van der Waals surface area contributed by atoms with Crippen LogP contribution in [0, 0.1) is 11.8 Å². The fraction of sp³-hybridized carbons (Fsp3) is 0.940. The minimum atomic E-state index is -4.95. The molecule has 0 saturated heterocycles. The number of unbranched alkanes of at least 4 members (excludes halogenated alkanes) is 35. The van der Waals surface area contributed by atoms with Crippen LogP contribution >= 0.6 is 15.6 Å². The van der Waals surface area contributed by atoms with Crippen molar-refractivity contribution in [2.24, 2.45) is 11.8 Å². The molecule has 0 aliphatic heterocycles. The summed E-state index contributed by atoms with van der Waals surface area (Å²) in [5.41, 5.74) is 0. The van der Waals surface area contributed by atoms with Gasteiger partial charge in [0.25, 0.3) is 0 Å². The van der Waals surface area contributed by atoms with Crippen LogP contribution in [-0.2, 0) is 65.4 Å². The van der Waals surface area contributed by atoms with Gasteiger partial charge in [-0.15, -0.1) is 0 Å². The van der Waals surface area contributed by atoms with Gasteiger partial charge in [0.2, 0.25) is 0 Å². The summed E-state index contributed by atoms with van der Waals surface area (Å²) in [4.78, 5) is 72.4. The number of carbonyl (C=O) groups is 4. The van der Waals surface area contributed by atoms with Crippen molar-refractivity contribution < 1.29 is 80.2 Å². The molecule has 6 atom stereocenters. The van der Waals surface area contributed by atoms with E-state index in [-0.39, 0.29) is 25.7 Å². The smallest absolute Gasteiger partial charge is 0.462 e. The Hall–Kier alpha value is -1.94. The van der Waals surface area contributed by atoms with Crippen LogP contribution in [-0.4, -0.2) is 96.7 Å². The molecule has 0 aromatic carbocycles. The van der Waals surface area contributed by atoms with Gasteiger partial charge in [-0.25, -0.2) is 9.13 Å². The SMILES string of the molecule is CCCCCCCCCCCCCCC(=O)O[C@H](COC(=O)CCCCCCCCCCC)COP(=O)(O)OC[C@H](O)COP(=O)(O)OC[C@@H](COC(=O)CCCCCCCCCCC(C)CC)OC(=O)CCCCCCCCCCCCC(C)C. The van der Waals surface area contributed by atoms with Gasteiger partial charge in [-0.3, -0.25) is 37.3 Å². The van der Waals surface area contributed by atoms with Crippen LogP contribution < -0.4 is 0 Å². The fourth-order valence-electron chi connectivity index (χ4n) is 10.0. The van der Waals surface area contributed by atoms with Crippen molar-refractivity contribution in [1.82, 2.24) is 0 Å². The number of ether oxygens (including phenoxy) is 4. The number of carbonyl (C=O) groups excluding carboxylic acids is 4. The summed E-state index contributed by atoms with van der Waals surface area (Å²) >= 11 is 0. The van der Waals surface area contributed by atoms with Crippen molar-refractivity contribution in [2.75, 3.05) is 39.6 Å². The van der Waals surface area contributed by atoms with Gasteiger partial charge in [-0.1, -0.05) is 286 Å². The molecule has 17 nitrogen and oxygen atoms in total. The van der Waals surface area contributed by atoms with Crippen LogP contribution in [0.15, 0.2) is 0 Å². The molecular weight excluding hydrogens is 1140 g/mol. The van der Waals surface area contributed by atoms with Crippen molar-refractivity contribution in [1.29, 1.82) is 0 Å². The van der Waals surface area contributed by atoms with E-state index >= 15 is 0 Å². The van der Waals surface area contributed by atoms with Gasteiger partial charge in [0.05, 0.1) is 26.4 Å². The van der Waals surface area contributed by atoms with Crippen molar-refractivity contribution >= 4 is 39.5 Å². The maximum atomic E-state index is 13.0. The predicted molar refractivity (Wildman–Crippen MR) is 345 cm³/mol. The first-order valence-corrected chi connectivity index (χ1v) is 38.0. The molecule has 0 rings (SSSR count). The Balaban J connectivity index is 5.25. The van der Waals surface area contributed by atoms with E-state index in [1.807, 2.05) is 0 Å². The zero-order valence-electron chi connectivity index (χ0n) is 55.6. The lowest BCUT2D eigenvalue weighted by molar-refractivity contribution is -0.161. The Morgan fingerprint density at radius 1 is 0.337 bits per heavy atom. The highest BCUT2D eigenvalue weighted by Gasteiger charge is 2.30. The minimum absolute atomic E-state index is 0.105. The minimum Gasteiger partial charge on any atom is -0.462 e. The number of hydrogen-bond donors (Lipinski definition) is 3. The first kappa shape index (κ1) is 84.1. The van der Waals surface area contributed by atoms with Gasteiger partial charge in [-0.2, -0.15) is 0 Å². The number of phosphoric acid groups is 2. The Labute approximate surface area is 524 Å². The molecule has 0 bridgehead atoms. The molecule has 86 heavy (non-hydrogen) atoms. The Kier molecular flexibility index (Phi) is 58.0. The van der Waals surface area contributed by atoms with Gasteiger partial charge in [0.15, 0.2) is 12.2 Å². The first-order valence-electron chi connectivity index (χ1n) is 35.0. The third-order valence-electron chi connectivity index (χ3n) is 15.8. The Morgan fingerprint density at radius 3 is 0.884 bits per heavy atom. The largest absolute Gasteiger partial charge is 0.472 e. The molecule has 0 aromatic rings. The number of esters is 4. The molecule has 3 N–H and O–H groups in total. The molecular formula is C67H130O17P2. The molecule has 0 fully saturated rings. The van der Waals surface area contributed by atoms with Crippen LogP contribution in [0.1, 0.15) is 337 Å². The van der Waals surface area contributed by atoms with Gasteiger partial charge < -0.3 is 33.8 Å². The molecule has 0 aliphatic rings. The normalized spacial score (nSPS) is 14.5. The molecule has 0 aliphatic carbocycles. The molecule has 0 heterocycles.